The Labute approximate surface area is 117 Å². The van der Waals surface area contributed by atoms with Crippen LogP contribution in [0.4, 0.5) is 10.1 Å². The lowest BCUT2D eigenvalue weighted by atomic mass is 10.1. The lowest BCUT2D eigenvalue weighted by molar-refractivity contribution is 0.547. The SMILES string of the molecule is CC(NS(=O)(=O)c1ccccc1F)c1cccc(N)c1. The third-order valence-corrected chi connectivity index (χ3v) is 4.44. The molecule has 2 rings (SSSR count). The van der Waals surface area contributed by atoms with Crippen molar-refractivity contribution in [2.75, 3.05) is 5.73 Å². The second-order valence-electron chi connectivity index (χ2n) is 4.44. The first-order valence-corrected chi connectivity index (χ1v) is 7.51. The van der Waals surface area contributed by atoms with Gasteiger partial charge in [0, 0.05) is 11.7 Å². The summed E-state index contributed by atoms with van der Waals surface area (Å²) >= 11 is 0. The molecule has 1 atom stereocenters. The van der Waals surface area contributed by atoms with E-state index in [9.17, 15) is 12.8 Å². The average Bonchev–Trinajstić information content (AvgIpc) is 2.38. The van der Waals surface area contributed by atoms with E-state index in [-0.39, 0.29) is 4.90 Å². The Hall–Kier alpha value is -1.92. The second kappa shape index (κ2) is 5.60. The quantitative estimate of drug-likeness (QED) is 0.851. The van der Waals surface area contributed by atoms with Crippen molar-refractivity contribution in [3.8, 4) is 0 Å². The number of nitrogens with one attached hydrogen (secondary N) is 1. The molecule has 4 nitrogen and oxygen atoms in total. The number of hydrogen-bond acceptors (Lipinski definition) is 3. The standard InChI is InChI=1S/C14H15FN2O2S/c1-10(11-5-4-6-12(16)9-11)17-20(18,19)14-8-3-2-7-13(14)15/h2-10,17H,16H2,1H3. The van der Waals surface area contributed by atoms with Gasteiger partial charge in [-0.05, 0) is 36.8 Å². The smallest absolute Gasteiger partial charge is 0.244 e. The van der Waals surface area contributed by atoms with Gasteiger partial charge in [0.1, 0.15) is 10.7 Å². The highest BCUT2D eigenvalue weighted by Gasteiger charge is 2.21. The van der Waals surface area contributed by atoms with Crippen molar-refractivity contribution in [3.05, 3.63) is 59.9 Å². The number of sulfonamides is 1. The maximum atomic E-state index is 13.6. The summed E-state index contributed by atoms with van der Waals surface area (Å²) in [6.07, 6.45) is 0. The maximum Gasteiger partial charge on any atom is 0.244 e. The first-order chi connectivity index (χ1) is 9.40. The number of rotatable bonds is 4. The van der Waals surface area contributed by atoms with Gasteiger partial charge in [-0.25, -0.2) is 17.5 Å². The van der Waals surface area contributed by atoms with Crippen LogP contribution in [0.25, 0.3) is 0 Å². The van der Waals surface area contributed by atoms with Gasteiger partial charge in [-0.2, -0.15) is 0 Å². The van der Waals surface area contributed by atoms with Crippen LogP contribution < -0.4 is 10.5 Å². The summed E-state index contributed by atoms with van der Waals surface area (Å²) in [5, 5.41) is 0. The fraction of sp³-hybridized carbons (Fsp3) is 0.143. The Kier molecular flexibility index (Phi) is 4.06. The zero-order valence-electron chi connectivity index (χ0n) is 10.9. The van der Waals surface area contributed by atoms with Crippen molar-refractivity contribution >= 4 is 15.7 Å². The van der Waals surface area contributed by atoms with E-state index in [0.29, 0.717) is 11.3 Å². The predicted molar refractivity (Wildman–Crippen MR) is 76.0 cm³/mol. The van der Waals surface area contributed by atoms with E-state index in [4.69, 9.17) is 5.73 Å². The van der Waals surface area contributed by atoms with Gasteiger partial charge in [0.15, 0.2) is 0 Å². The summed E-state index contributed by atoms with van der Waals surface area (Å²) in [6, 6.07) is 11.6. The highest BCUT2D eigenvalue weighted by atomic mass is 32.2. The molecule has 0 aliphatic rings. The van der Waals surface area contributed by atoms with Crippen molar-refractivity contribution in [2.45, 2.75) is 17.9 Å². The van der Waals surface area contributed by atoms with E-state index < -0.39 is 21.9 Å². The molecule has 0 spiro atoms. The third kappa shape index (κ3) is 3.15. The Balaban J connectivity index is 2.27. The minimum atomic E-state index is -3.92. The van der Waals surface area contributed by atoms with Crippen LogP contribution in [0.1, 0.15) is 18.5 Å². The largest absolute Gasteiger partial charge is 0.399 e. The summed E-state index contributed by atoms with van der Waals surface area (Å²) in [7, 11) is -3.92. The van der Waals surface area contributed by atoms with Crippen molar-refractivity contribution in [2.24, 2.45) is 0 Å². The molecule has 0 aromatic heterocycles. The van der Waals surface area contributed by atoms with Crippen LogP contribution in [-0.4, -0.2) is 8.42 Å². The zero-order chi connectivity index (χ0) is 14.8. The Morgan fingerprint density at radius 3 is 2.50 bits per heavy atom. The van der Waals surface area contributed by atoms with Crippen LogP contribution in [0, 0.1) is 5.82 Å². The number of nitrogen functional groups attached to an aromatic ring is 1. The van der Waals surface area contributed by atoms with Gasteiger partial charge in [0.2, 0.25) is 10.0 Å². The molecule has 20 heavy (non-hydrogen) atoms. The lowest BCUT2D eigenvalue weighted by Gasteiger charge is -2.15. The van der Waals surface area contributed by atoms with Gasteiger partial charge in [-0.3, -0.25) is 0 Å². The molecule has 0 radical (unpaired) electrons. The summed E-state index contributed by atoms with van der Waals surface area (Å²) in [6.45, 7) is 1.67. The lowest BCUT2D eigenvalue weighted by Crippen LogP contribution is -2.27. The fourth-order valence-corrected chi connectivity index (χ4v) is 3.17. The zero-order valence-corrected chi connectivity index (χ0v) is 11.7. The molecule has 0 saturated carbocycles. The fourth-order valence-electron chi connectivity index (χ4n) is 1.86. The summed E-state index contributed by atoms with van der Waals surface area (Å²) in [5.74, 6) is -0.778. The molecule has 0 heterocycles. The molecular formula is C14H15FN2O2S. The Bertz CT molecular complexity index is 717. The topological polar surface area (TPSA) is 72.2 Å². The van der Waals surface area contributed by atoms with Crippen molar-refractivity contribution < 1.29 is 12.8 Å². The van der Waals surface area contributed by atoms with Crippen LogP contribution in [0.15, 0.2) is 53.4 Å². The molecule has 1 unspecified atom stereocenters. The first-order valence-electron chi connectivity index (χ1n) is 6.02. The molecule has 6 heteroatoms. The molecule has 0 fully saturated rings. The monoisotopic (exact) mass is 294 g/mol. The molecule has 2 aromatic rings. The molecule has 0 aliphatic carbocycles. The van der Waals surface area contributed by atoms with Crippen molar-refractivity contribution in [1.82, 2.24) is 4.72 Å². The highest BCUT2D eigenvalue weighted by molar-refractivity contribution is 7.89. The Morgan fingerprint density at radius 2 is 1.85 bits per heavy atom. The summed E-state index contributed by atoms with van der Waals surface area (Å²) in [4.78, 5) is -0.365. The molecule has 106 valence electrons. The van der Waals surface area contributed by atoms with Gasteiger partial charge in [0.05, 0.1) is 0 Å². The number of benzene rings is 2. The number of halogens is 1. The number of nitrogens with two attached hydrogens (primary N) is 1. The third-order valence-electron chi connectivity index (χ3n) is 2.87. The van der Waals surface area contributed by atoms with Gasteiger partial charge in [0.25, 0.3) is 0 Å². The summed E-state index contributed by atoms with van der Waals surface area (Å²) in [5.41, 5.74) is 6.91. The predicted octanol–water partition coefficient (Wildman–Crippen LogP) is 2.45. The van der Waals surface area contributed by atoms with Crippen LogP contribution in [0.5, 0.6) is 0 Å². The van der Waals surface area contributed by atoms with E-state index in [1.165, 1.54) is 18.2 Å². The average molecular weight is 294 g/mol. The van der Waals surface area contributed by atoms with E-state index >= 15 is 0 Å². The van der Waals surface area contributed by atoms with E-state index in [1.54, 1.807) is 31.2 Å². The van der Waals surface area contributed by atoms with Crippen LogP contribution in [0.2, 0.25) is 0 Å². The number of anilines is 1. The van der Waals surface area contributed by atoms with Gasteiger partial charge < -0.3 is 5.73 Å². The highest BCUT2D eigenvalue weighted by Crippen LogP contribution is 2.20. The number of hydrogen-bond donors (Lipinski definition) is 2. The van der Waals surface area contributed by atoms with Crippen LogP contribution in [-0.2, 0) is 10.0 Å². The van der Waals surface area contributed by atoms with Gasteiger partial charge in [-0.15, -0.1) is 0 Å². The van der Waals surface area contributed by atoms with E-state index in [0.717, 1.165) is 6.07 Å². The summed E-state index contributed by atoms with van der Waals surface area (Å²) < 4.78 is 40.3. The van der Waals surface area contributed by atoms with Gasteiger partial charge >= 0.3 is 0 Å². The molecular weight excluding hydrogens is 279 g/mol. The molecule has 0 saturated heterocycles. The van der Waals surface area contributed by atoms with Crippen molar-refractivity contribution in [3.63, 3.8) is 0 Å². The Morgan fingerprint density at radius 1 is 1.15 bits per heavy atom. The van der Waals surface area contributed by atoms with Crippen LogP contribution in [0.3, 0.4) is 0 Å². The molecule has 0 aliphatic heterocycles. The van der Waals surface area contributed by atoms with Crippen LogP contribution >= 0.6 is 0 Å². The minimum absolute atomic E-state index is 0.365. The minimum Gasteiger partial charge on any atom is -0.399 e. The van der Waals surface area contributed by atoms with E-state index in [1.807, 2.05) is 0 Å². The van der Waals surface area contributed by atoms with E-state index in [2.05, 4.69) is 4.72 Å². The van der Waals surface area contributed by atoms with Crippen molar-refractivity contribution in [1.29, 1.82) is 0 Å². The second-order valence-corrected chi connectivity index (χ2v) is 6.13. The van der Waals surface area contributed by atoms with Gasteiger partial charge in [-0.1, -0.05) is 24.3 Å². The molecule has 0 amide bonds. The first kappa shape index (κ1) is 14.5. The maximum absolute atomic E-state index is 13.6. The molecule has 2 aromatic carbocycles. The molecule has 3 N–H and O–H groups in total. The normalized spacial score (nSPS) is 13.1. The molecule has 0 bridgehead atoms.